The van der Waals surface area contributed by atoms with Crippen LogP contribution in [0.2, 0.25) is 0 Å². The van der Waals surface area contributed by atoms with E-state index in [1.54, 1.807) is 0 Å². The molecule has 0 saturated heterocycles. The van der Waals surface area contributed by atoms with Gasteiger partial charge in [0.25, 0.3) is 6.71 Å². The maximum atomic E-state index is 7.33. The van der Waals surface area contributed by atoms with Crippen molar-refractivity contribution >= 4 is 71.6 Å². The second-order valence-electron chi connectivity index (χ2n) is 25.4. The van der Waals surface area contributed by atoms with Crippen molar-refractivity contribution < 1.29 is 4.74 Å². The Morgan fingerprint density at radius 3 is 1.63 bits per heavy atom. The van der Waals surface area contributed by atoms with Crippen molar-refractivity contribution in [3.63, 3.8) is 0 Å². The Morgan fingerprint density at radius 2 is 1.03 bits per heavy atom. The second kappa shape index (κ2) is 18.5. The van der Waals surface area contributed by atoms with Crippen LogP contribution >= 0.6 is 11.3 Å². The number of nitrogens with zero attached hydrogens (tertiary/aromatic N) is 1. The van der Waals surface area contributed by atoms with Crippen LogP contribution in [0, 0.1) is 0 Å². The van der Waals surface area contributed by atoms with Gasteiger partial charge in [0.05, 0.1) is 6.04 Å². The first-order chi connectivity index (χ1) is 35.5. The molecule has 3 heterocycles. The molecule has 0 fully saturated rings. The summed E-state index contributed by atoms with van der Waals surface area (Å²) >= 11 is 1.88. The van der Waals surface area contributed by atoms with Gasteiger partial charge in [0.1, 0.15) is 11.5 Å². The van der Waals surface area contributed by atoms with Gasteiger partial charge in [-0.2, -0.15) is 0 Å². The van der Waals surface area contributed by atoms with Crippen molar-refractivity contribution in [2.75, 3.05) is 4.90 Å². The summed E-state index contributed by atoms with van der Waals surface area (Å²) in [7, 11) is 0. The zero-order valence-corrected chi connectivity index (χ0v) is 47.5. The lowest BCUT2D eigenvalue weighted by atomic mass is 9.34. The highest BCUT2D eigenvalue weighted by molar-refractivity contribution is 7.25. The van der Waals surface area contributed by atoms with Crippen molar-refractivity contribution in [2.45, 2.75) is 125 Å². The van der Waals surface area contributed by atoms with E-state index in [0.29, 0.717) is 0 Å². The van der Waals surface area contributed by atoms with Gasteiger partial charge in [-0.3, -0.25) is 0 Å². The smallest absolute Gasteiger partial charge is 0.256 e. The number of hydrogen-bond acceptors (Lipinski definition) is 3. The monoisotopic (exact) mass is 998 g/mol. The molecule has 9 aromatic rings. The van der Waals surface area contributed by atoms with Crippen molar-refractivity contribution in [1.29, 1.82) is 0 Å². The van der Waals surface area contributed by atoms with Gasteiger partial charge in [0.2, 0.25) is 0 Å². The number of benzene rings is 8. The van der Waals surface area contributed by atoms with Crippen LogP contribution in [0.1, 0.15) is 125 Å². The van der Waals surface area contributed by atoms with Crippen molar-refractivity contribution in [1.82, 2.24) is 0 Å². The van der Waals surface area contributed by atoms with Crippen LogP contribution in [-0.4, -0.2) is 12.8 Å². The normalized spacial score (nSPS) is 14.3. The van der Waals surface area contributed by atoms with E-state index in [4.69, 9.17) is 4.74 Å². The minimum Gasteiger partial charge on any atom is -0.458 e. The Hall–Kier alpha value is -6.88. The van der Waals surface area contributed by atoms with Crippen molar-refractivity contribution in [3.8, 4) is 44.9 Å². The fourth-order valence-electron chi connectivity index (χ4n) is 11.4. The van der Waals surface area contributed by atoms with E-state index in [1.807, 2.05) is 11.3 Å². The third kappa shape index (κ3) is 9.28. The molecule has 0 radical (unpaired) electrons. The lowest BCUT2D eigenvalue weighted by molar-refractivity contribution is 0.487. The molecule has 8 aromatic carbocycles. The standard InChI is InChI=1S/C71H72BNOS/c1-15-16-24-56(48-27-30-58-57-25-20-21-26-65(57)75-66(58)41-48)44(2)73-61-31-28-46(49-33-52(68(3,4)5)42-53(34-49)69(6,7)8)37-59(61)72-60-38-47(50-35-54(70(9,10)11)43-55(36-50)71(12,13)14)29-32-63(60)74-64-40-51(39-62(73)67(64)72)45-22-18-17-19-23-45/h15-44H,1-14H3/b16-15-,56-24?. The Bertz CT molecular complexity index is 3700. The molecule has 0 N–H and O–H groups in total. The zero-order chi connectivity index (χ0) is 52.9. The van der Waals surface area contributed by atoms with Gasteiger partial charge in [-0.15, -0.1) is 11.3 Å². The number of rotatable bonds is 7. The molecule has 0 bridgehead atoms. The topological polar surface area (TPSA) is 12.5 Å². The predicted octanol–water partition coefficient (Wildman–Crippen LogP) is 18.4. The molecule has 75 heavy (non-hydrogen) atoms. The summed E-state index contributed by atoms with van der Waals surface area (Å²) in [5, 5.41) is 2.62. The molecular formula is C71H72BNOS. The van der Waals surface area contributed by atoms with E-state index < -0.39 is 0 Å². The Morgan fingerprint density at radius 1 is 0.480 bits per heavy atom. The average molecular weight is 998 g/mol. The molecule has 2 aliphatic heterocycles. The summed E-state index contributed by atoms with van der Waals surface area (Å²) < 4.78 is 9.95. The summed E-state index contributed by atoms with van der Waals surface area (Å²) in [6.07, 6.45) is 6.70. The van der Waals surface area contributed by atoms with Gasteiger partial charge < -0.3 is 9.64 Å². The number of ether oxygens (including phenoxy) is 1. The SMILES string of the molecule is C/C=C\C=C(c1ccc2c(c1)sc1ccccc12)C(C)N1c2ccc(-c3cc(C(C)(C)C)cc(C(C)(C)C)c3)cc2B2c3cc(-c4cc(C(C)(C)C)cc(C(C)(C)C)c4)ccc3Oc3cc(-c4ccccc4)cc1c32. The minimum atomic E-state index is -0.111. The Labute approximate surface area is 451 Å². The highest BCUT2D eigenvalue weighted by Gasteiger charge is 2.44. The average Bonchev–Trinajstić information content (AvgIpc) is 3.76. The molecule has 0 saturated carbocycles. The van der Waals surface area contributed by atoms with E-state index in [0.717, 1.165) is 22.6 Å². The molecule has 4 heteroatoms. The maximum Gasteiger partial charge on any atom is 0.256 e. The van der Waals surface area contributed by atoms with Crippen LogP contribution in [0.5, 0.6) is 11.5 Å². The van der Waals surface area contributed by atoms with Gasteiger partial charge in [-0.25, -0.2) is 0 Å². The molecule has 376 valence electrons. The molecule has 2 aliphatic rings. The number of hydrogen-bond donors (Lipinski definition) is 0. The molecule has 1 atom stereocenters. The number of thiophene rings is 1. The maximum absolute atomic E-state index is 7.33. The molecule has 2 nitrogen and oxygen atoms in total. The van der Waals surface area contributed by atoms with Gasteiger partial charge in [0.15, 0.2) is 0 Å². The zero-order valence-electron chi connectivity index (χ0n) is 46.7. The van der Waals surface area contributed by atoms with Gasteiger partial charge >= 0.3 is 0 Å². The Kier molecular flexibility index (Phi) is 12.4. The van der Waals surface area contributed by atoms with Crippen LogP contribution < -0.4 is 26.0 Å². The van der Waals surface area contributed by atoms with Gasteiger partial charge in [-0.1, -0.05) is 223 Å². The number of fused-ring (bicyclic) bond motifs is 7. The van der Waals surface area contributed by atoms with Crippen molar-refractivity contribution in [2.24, 2.45) is 0 Å². The van der Waals surface area contributed by atoms with E-state index in [-0.39, 0.29) is 34.4 Å². The summed E-state index contributed by atoms with van der Waals surface area (Å²) in [6, 6.07) is 60.3. The number of anilines is 2. The quantitative estimate of drug-likeness (QED) is 0.117. The molecule has 0 aliphatic carbocycles. The first-order valence-electron chi connectivity index (χ1n) is 27.1. The van der Waals surface area contributed by atoms with E-state index in [2.05, 4.69) is 278 Å². The van der Waals surface area contributed by atoms with Crippen molar-refractivity contribution in [3.05, 3.63) is 204 Å². The fraction of sp³-hybridized carbons (Fsp3) is 0.268. The highest BCUT2D eigenvalue weighted by Crippen LogP contribution is 2.46. The lowest BCUT2D eigenvalue weighted by Crippen LogP contribution is -2.61. The van der Waals surface area contributed by atoms with Crippen LogP contribution in [0.25, 0.3) is 59.1 Å². The van der Waals surface area contributed by atoms with Gasteiger partial charge in [-0.05, 0) is 155 Å². The summed E-state index contributed by atoms with van der Waals surface area (Å²) in [5.74, 6) is 1.81. The highest BCUT2D eigenvalue weighted by atomic mass is 32.1. The second-order valence-corrected chi connectivity index (χ2v) is 26.5. The molecular weight excluding hydrogens is 926 g/mol. The summed E-state index contributed by atoms with van der Waals surface area (Å²) in [6.45, 7) is 32.4. The van der Waals surface area contributed by atoms with Crippen LogP contribution in [0.4, 0.5) is 11.4 Å². The van der Waals surface area contributed by atoms with E-state index >= 15 is 0 Å². The first kappa shape index (κ1) is 50.3. The third-order valence-corrected chi connectivity index (χ3v) is 17.1. The van der Waals surface area contributed by atoms with E-state index in [9.17, 15) is 0 Å². The summed E-state index contributed by atoms with van der Waals surface area (Å²) in [5.41, 5.74) is 21.0. The lowest BCUT2D eigenvalue weighted by Gasteiger charge is -2.44. The first-order valence-corrected chi connectivity index (χ1v) is 27.9. The molecule has 0 amide bonds. The van der Waals surface area contributed by atoms with Crippen LogP contribution in [0.15, 0.2) is 176 Å². The number of allylic oxidation sites excluding steroid dienone is 3. The van der Waals surface area contributed by atoms with E-state index in [1.165, 1.54) is 104 Å². The molecule has 1 aromatic heterocycles. The minimum absolute atomic E-state index is 0.0164. The molecule has 11 rings (SSSR count). The fourth-order valence-corrected chi connectivity index (χ4v) is 12.5. The summed E-state index contributed by atoms with van der Waals surface area (Å²) in [4.78, 5) is 2.64. The van der Waals surface area contributed by atoms with Crippen LogP contribution in [0.3, 0.4) is 0 Å². The Balaban J connectivity index is 1.18. The largest absolute Gasteiger partial charge is 0.458 e. The van der Waals surface area contributed by atoms with Gasteiger partial charge in [0, 0.05) is 31.5 Å². The predicted molar refractivity (Wildman–Crippen MR) is 329 cm³/mol. The molecule has 0 spiro atoms. The third-order valence-electron chi connectivity index (χ3n) is 15.9. The van der Waals surface area contributed by atoms with Crippen LogP contribution in [-0.2, 0) is 21.7 Å². The molecule has 1 unspecified atom stereocenters.